The normalized spacial score (nSPS) is 14.9. The Balaban J connectivity index is 1.53. The van der Waals surface area contributed by atoms with Crippen LogP contribution < -0.4 is 5.32 Å². The predicted octanol–water partition coefficient (Wildman–Crippen LogP) is 3.46. The van der Waals surface area contributed by atoms with E-state index >= 15 is 0 Å². The number of aryl methyl sites for hydroxylation is 1. The molecule has 2 aromatic carbocycles. The Morgan fingerprint density at radius 1 is 1.16 bits per heavy atom. The third-order valence-electron chi connectivity index (χ3n) is 4.92. The summed E-state index contributed by atoms with van der Waals surface area (Å²) < 4.78 is 1.87. The molecule has 1 aliphatic rings. The first-order valence-electron chi connectivity index (χ1n) is 8.89. The van der Waals surface area contributed by atoms with Gasteiger partial charge in [0, 0.05) is 11.6 Å². The van der Waals surface area contributed by atoms with Crippen LogP contribution in [0.4, 0.5) is 0 Å². The third kappa shape index (κ3) is 3.40. The number of aromatic nitrogens is 3. The summed E-state index contributed by atoms with van der Waals surface area (Å²) in [6, 6.07) is 14.4. The number of carbonyl (C=O) groups excluding carboxylic acids is 1. The molecule has 1 aromatic heterocycles. The summed E-state index contributed by atoms with van der Waals surface area (Å²) in [5.41, 5.74) is 4.77. The first-order chi connectivity index (χ1) is 12.2. The highest BCUT2D eigenvalue weighted by molar-refractivity contribution is 5.97. The molecule has 1 amide bonds. The molecular formula is C20H22N4O. The molecule has 4 rings (SSSR count). The van der Waals surface area contributed by atoms with Gasteiger partial charge in [0.05, 0.1) is 12.1 Å². The van der Waals surface area contributed by atoms with E-state index in [-0.39, 0.29) is 5.91 Å². The Hall–Kier alpha value is -2.69. The van der Waals surface area contributed by atoms with Gasteiger partial charge in [-0.25, -0.2) is 4.68 Å². The fraction of sp³-hybridized carbons (Fsp3) is 0.350. The van der Waals surface area contributed by atoms with E-state index < -0.39 is 0 Å². The summed E-state index contributed by atoms with van der Waals surface area (Å²) in [6.45, 7) is 2.75. The van der Waals surface area contributed by atoms with E-state index in [0.717, 1.165) is 23.9 Å². The van der Waals surface area contributed by atoms with Crippen molar-refractivity contribution >= 4 is 16.9 Å². The first-order valence-corrected chi connectivity index (χ1v) is 8.89. The van der Waals surface area contributed by atoms with Crippen LogP contribution in [-0.2, 0) is 6.54 Å². The van der Waals surface area contributed by atoms with E-state index in [1.54, 1.807) is 0 Å². The van der Waals surface area contributed by atoms with Crippen molar-refractivity contribution in [3.63, 3.8) is 0 Å². The Morgan fingerprint density at radius 2 is 1.92 bits per heavy atom. The van der Waals surface area contributed by atoms with Crippen LogP contribution in [-0.4, -0.2) is 26.9 Å². The van der Waals surface area contributed by atoms with Gasteiger partial charge >= 0.3 is 0 Å². The van der Waals surface area contributed by atoms with Crippen LogP contribution in [0.5, 0.6) is 0 Å². The van der Waals surface area contributed by atoms with Crippen molar-refractivity contribution in [1.29, 1.82) is 0 Å². The predicted molar refractivity (Wildman–Crippen MR) is 97.5 cm³/mol. The number of carbonyl (C=O) groups is 1. The Morgan fingerprint density at radius 3 is 2.68 bits per heavy atom. The average Bonchev–Trinajstić information content (AvgIpc) is 3.26. The minimum Gasteiger partial charge on any atom is -0.349 e. The molecule has 0 bridgehead atoms. The fourth-order valence-corrected chi connectivity index (χ4v) is 3.44. The van der Waals surface area contributed by atoms with Crippen LogP contribution in [0.15, 0.2) is 42.5 Å². The van der Waals surface area contributed by atoms with Gasteiger partial charge in [0.1, 0.15) is 5.52 Å². The summed E-state index contributed by atoms with van der Waals surface area (Å²) in [6.07, 6.45) is 4.58. The van der Waals surface area contributed by atoms with Gasteiger partial charge in [-0.05, 0) is 43.5 Å². The molecule has 1 heterocycles. The van der Waals surface area contributed by atoms with Gasteiger partial charge in [0.15, 0.2) is 0 Å². The molecule has 5 nitrogen and oxygen atoms in total. The van der Waals surface area contributed by atoms with Crippen LogP contribution in [0.25, 0.3) is 11.0 Å². The van der Waals surface area contributed by atoms with Crippen LogP contribution in [0.1, 0.15) is 47.2 Å². The summed E-state index contributed by atoms with van der Waals surface area (Å²) in [4.78, 5) is 12.4. The Labute approximate surface area is 147 Å². The largest absolute Gasteiger partial charge is 0.349 e. The van der Waals surface area contributed by atoms with Crippen molar-refractivity contribution in [1.82, 2.24) is 20.3 Å². The zero-order valence-electron chi connectivity index (χ0n) is 14.4. The van der Waals surface area contributed by atoms with Crippen molar-refractivity contribution in [3.8, 4) is 0 Å². The number of nitrogens with zero attached hydrogens (tertiary/aromatic N) is 3. The Bertz CT molecular complexity index is 892. The second-order valence-corrected chi connectivity index (χ2v) is 6.89. The maximum atomic E-state index is 12.4. The van der Waals surface area contributed by atoms with E-state index in [1.165, 1.54) is 24.0 Å². The lowest BCUT2D eigenvalue weighted by Crippen LogP contribution is -2.32. The second kappa shape index (κ2) is 6.67. The monoisotopic (exact) mass is 334 g/mol. The molecule has 1 saturated carbocycles. The zero-order valence-corrected chi connectivity index (χ0v) is 14.4. The molecule has 0 atom stereocenters. The number of hydrogen-bond acceptors (Lipinski definition) is 3. The molecule has 5 heteroatoms. The molecule has 0 aliphatic heterocycles. The van der Waals surface area contributed by atoms with Gasteiger partial charge in [0.25, 0.3) is 5.91 Å². The summed E-state index contributed by atoms with van der Waals surface area (Å²) >= 11 is 0. The van der Waals surface area contributed by atoms with Gasteiger partial charge in [-0.15, -0.1) is 5.10 Å². The van der Waals surface area contributed by atoms with Gasteiger partial charge in [-0.2, -0.15) is 0 Å². The lowest BCUT2D eigenvalue weighted by molar-refractivity contribution is 0.0938. The quantitative estimate of drug-likeness (QED) is 0.795. The smallest absolute Gasteiger partial charge is 0.251 e. The van der Waals surface area contributed by atoms with E-state index in [0.29, 0.717) is 18.2 Å². The highest BCUT2D eigenvalue weighted by atomic mass is 16.1. The number of fused-ring (bicyclic) bond motifs is 1. The fourth-order valence-electron chi connectivity index (χ4n) is 3.44. The third-order valence-corrected chi connectivity index (χ3v) is 4.92. The number of benzene rings is 2. The molecule has 128 valence electrons. The van der Waals surface area contributed by atoms with E-state index in [1.807, 2.05) is 22.9 Å². The number of hydrogen-bond donors (Lipinski definition) is 1. The average molecular weight is 334 g/mol. The maximum Gasteiger partial charge on any atom is 0.251 e. The van der Waals surface area contributed by atoms with Crippen LogP contribution >= 0.6 is 0 Å². The van der Waals surface area contributed by atoms with Gasteiger partial charge in [-0.1, -0.05) is 47.9 Å². The van der Waals surface area contributed by atoms with Crippen molar-refractivity contribution in [2.24, 2.45) is 0 Å². The van der Waals surface area contributed by atoms with Crippen LogP contribution in [0, 0.1) is 6.92 Å². The molecule has 0 radical (unpaired) electrons. The highest BCUT2D eigenvalue weighted by Crippen LogP contribution is 2.19. The lowest BCUT2D eigenvalue weighted by atomic mass is 10.1. The van der Waals surface area contributed by atoms with Crippen LogP contribution in [0.3, 0.4) is 0 Å². The SMILES string of the molecule is Cc1ccc(Cn2nnc3cc(C(=O)NC4CCCC4)ccc32)cc1. The molecule has 1 fully saturated rings. The van der Waals surface area contributed by atoms with Gasteiger partial charge in [-0.3, -0.25) is 4.79 Å². The van der Waals surface area contributed by atoms with Crippen molar-refractivity contribution < 1.29 is 4.79 Å². The van der Waals surface area contributed by atoms with Crippen molar-refractivity contribution in [3.05, 3.63) is 59.2 Å². The molecule has 0 unspecified atom stereocenters. The molecule has 1 N–H and O–H groups in total. The molecule has 0 saturated heterocycles. The van der Waals surface area contributed by atoms with E-state index in [9.17, 15) is 4.79 Å². The highest BCUT2D eigenvalue weighted by Gasteiger charge is 2.18. The molecule has 3 aromatic rings. The van der Waals surface area contributed by atoms with Crippen molar-refractivity contribution in [2.45, 2.75) is 45.2 Å². The standard InChI is InChI=1S/C20H22N4O/c1-14-6-8-15(9-7-14)13-24-19-11-10-16(12-18(19)22-23-24)20(25)21-17-4-2-3-5-17/h6-12,17H,2-5,13H2,1H3,(H,21,25). The van der Waals surface area contributed by atoms with E-state index in [4.69, 9.17) is 0 Å². The maximum absolute atomic E-state index is 12.4. The Kier molecular flexibility index (Phi) is 4.22. The topological polar surface area (TPSA) is 59.8 Å². The number of amides is 1. The molecule has 1 aliphatic carbocycles. The minimum atomic E-state index is -0.0121. The summed E-state index contributed by atoms with van der Waals surface area (Å²) in [7, 11) is 0. The molecular weight excluding hydrogens is 312 g/mol. The van der Waals surface area contributed by atoms with Crippen LogP contribution in [0.2, 0.25) is 0 Å². The summed E-state index contributed by atoms with van der Waals surface area (Å²) in [5, 5.41) is 11.6. The van der Waals surface area contributed by atoms with E-state index in [2.05, 4.69) is 46.8 Å². The summed E-state index contributed by atoms with van der Waals surface area (Å²) in [5.74, 6) is -0.0121. The molecule has 25 heavy (non-hydrogen) atoms. The number of nitrogens with one attached hydrogen (secondary N) is 1. The van der Waals surface area contributed by atoms with Crippen molar-refractivity contribution in [2.75, 3.05) is 0 Å². The first kappa shape index (κ1) is 15.8. The number of rotatable bonds is 4. The molecule has 0 spiro atoms. The zero-order chi connectivity index (χ0) is 17.2. The lowest BCUT2D eigenvalue weighted by Gasteiger charge is -2.11. The van der Waals surface area contributed by atoms with Gasteiger partial charge in [0.2, 0.25) is 0 Å². The second-order valence-electron chi connectivity index (χ2n) is 6.89. The minimum absolute atomic E-state index is 0.0121. The van der Waals surface area contributed by atoms with Gasteiger partial charge < -0.3 is 5.32 Å².